The first-order valence-corrected chi connectivity index (χ1v) is 5.14. The Kier molecular flexibility index (Phi) is 3.64. The van der Waals surface area contributed by atoms with Crippen LogP contribution in [-0.4, -0.2) is 30.0 Å². The molecule has 1 aliphatic heterocycles. The Morgan fingerprint density at radius 3 is 2.47 bits per heavy atom. The molecule has 1 heterocycles. The molecule has 0 spiro atoms. The summed E-state index contributed by atoms with van der Waals surface area (Å²) < 4.78 is 0. The number of aldehydes is 1. The standard InChI is InChI=1S/C10H14BNO3/c1-8(14)9(15)10(6-13)2-4-11(7-12)5-3-10/h6,8,14H,2-5H2,1H3. The monoisotopic (exact) mass is 207 g/mol. The van der Waals surface area contributed by atoms with Gasteiger partial charge in [-0.1, -0.05) is 12.6 Å². The first-order valence-electron chi connectivity index (χ1n) is 5.14. The number of hydrogen-bond acceptors (Lipinski definition) is 4. The van der Waals surface area contributed by atoms with Crippen LogP contribution in [0.15, 0.2) is 0 Å². The number of nitriles is 1. The minimum atomic E-state index is -1.10. The molecule has 0 aromatic carbocycles. The van der Waals surface area contributed by atoms with Crippen LogP contribution in [-0.2, 0) is 9.59 Å². The molecule has 0 radical (unpaired) electrons. The van der Waals surface area contributed by atoms with Crippen LogP contribution in [0.1, 0.15) is 19.8 Å². The van der Waals surface area contributed by atoms with Crippen molar-refractivity contribution in [2.75, 3.05) is 0 Å². The molecule has 0 saturated carbocycles. The molecule has 0 aliphatic carbocycles. The van der Waals surface area contributed by atoms with Gasteiger partial charge in [-0.2, -0.15) is 0 Å². The Bertz CT molecular complexity index is 300. The van der Waals surface area contributed by atoms with E-state index in [1.54, 1.807) is 0 Å². The Labute approximate surface area is 89.4 Å². The number of Topliss-reactive ketones (excluding diaryl/α,β-unsaturated/α-hetero) is 1. The van der Waals surface area contributed by atoms with Crippen LogP contribution in [0.2, 0.25) is 12.6 Å². The van der Waals surface area contributed by atoms with Crippen LogP contribution < -0.4 is 0 Å². The highest BCUT2D eigenvalue weighted by Crippen LogP contribution is 2.36. The summed E-state index contributed by atoms with van der Waals surface area (Å²) in [7, 11) is 0. The minimum absolute atomic E-state index is 0.0557. The van der Waals surface area contributed by atoms with Crippen molar-refractivity contribution in [3.63, 3.8) is 0 Å². The molecule has 5 heteroatoms. The highest BCUT2D eigenvalue weighted by molar-refractivity contribution is 6.67. The second-order valence-corrected chi connectivity index (χ2v) is 4.22. The van der Waals surface area contributed by atoms with E-state index in [0.29, 0.717) is 31.8 Å². The summed E-state index contributed by atoms with van der Waals surface area (Å²) in [6.07, 6.45) is 1.45. The number of hydrogen-bond donors (Lipinski definition) is 1. The first kappa shape index (κ1) is 11.9. The quantitative estimate of drug-likeness (QED) is 0.414. The fraction of sp³-hybridized carbons (Fsp3) is 0.700. The maximum atomic E-state index is 11.7. The summed E-state index contributed by atoms with van der Waals surface area (Å²) in [5.41, 5.74) is -1.04. The van der Waals surface area contributed by atoms with Gasteiger partial charge in [0.15, 0.2) is 5.78 Å². The van der Waals surface area contributed by atoms with E-state index in [4.69, 9.17) is 5.26 Å². The van der Waals surface area contributed by atoms with Crippen LogP contribution in [0, 0.1) is 16.6 Å². The van der Waals surface area contributed by atoms with Crippen molar-refractivity contribution >= 4 is 18.8 Å². The summed E-state index contributed by atoms with van der Waals surface area (Å²) in [5, 5.41) is 17.9. The van der Waals surface area contributed by atoms with E-state index >= 15 is 0 Å². The van der Waals surface area contributed by atoms with Gasteiger partial charge >= 0.3 is 0 Å². The zero-order valence-electron chi connectivity index (χ0n) is 8.77. The van der Waals surface area contributed by atoms with Crippen LogP contribution in [0.3, 0.4) is 0 Å². The van der Waals surface area contributed by atoms with Gasteiger partial charge in [0.1, 0.15) is 12.4 Å². The summed E-state index contributed by atoms with van der Waals surface area (Å²) in [6, 6.07) is 0. The lowest BCUT2D eigenvalue weighted by Crippen LogP contribution is -2.43. The van der Waals surface area contributed by atoms with Crippen LogP contribution in [0.25, 0.3) is 0 Å². The molecule has 1 fully saturated rings. The number of aliphatic hydroxyl groups is 1. The van der Waals surface area contributed by atoms with Crippen molar-refractivity contribution in [1.29, 1.82) is 5.26 Å². The van der Waals surface area contributed by atoms with Crippen molar-refractivity contribution in [3.8, 4) is 5.97 Å². The molecule has 4 nitrogen and oxygen atoms in total. The van der Waals surface area contributed by atoms with Crippen molar-refractivity contribution in [2.24, 2.45) is 5.41 Å². The second kappa shape index (κ2) is 4.58. The molecule has 15 heavy (non-hydrogen) atoms. The molecule has 0 bridgehead atoms. The molecule has 0 aromatic rings. The third-order valence-corrected chi connectivity index (χ3v) is 3.16. The number of carbonyl (C=O) groups excluding carboxylic acids is 2. The highest BCUT2D eigenvalue weighted by Gasteiger charge is 2.44. The lowest BCUT2D eigenvalue weighted by atomic mass is 9.39. The van der Waals surface area contributed by atoms with Crippen molar-refractivity contribution in [3.05, 3.63) is 0 Å². The predicted octanol–water partition coefficient (Wildman–Crippen LogP) is 0.473. The van der Waals surface area contributed by atoms with Gasteiger partial charge in [0, 0.05) is 5.97 Å². The normalized spacial score (nSPS) is 21.5. The summed E-state index contributed by atoms with van der Waals surface area (Å²) in [5.74, 6) is 1.74. The van der Waals surface area contributed by atoms with E-state index in [1.165, 1.54) is 6.92 Å². The van der Waals surface area contributed by atoms with Gasteiger partial charge in [-0.15, -0.1) is 0 Å². The fourth-order valence-corrected chi connectivity index (χ4v) is 2.10. The van der Waals surface area contributed by atoms with Crippen LogP contribution >= 0.6 is 0 Å². The topological polar surface area (TPSA) is 78.2 Å². The second-order valence-electron chi connectivity index (χ2n) is 4.22. The Balaban J connectivity index is 2.77. The van der Waals surface area contributed by atoms with E-state index in [2.05, 4.69) is 5.97 Å². The van der Waals surface area contributed by atoms with E-state index in [-0.39, 0.29) is 6.71 Å². The predicted molar refractivity (Wildman–Crippen MR) is 55.4 cm³/mol. The number of ketones is 1. The Hall–Kier alpha value is -1.15. The largest absolute Gasteiger partial charge is 0.386 e. The molecular formula is C10H14BNO3. The van der Waals surface area contributed by atoms with E-state index in [0.717, 1.165) is 0 Å². The smallest absolute Gasteiger partial charge is 0.267 e. The molecule has 0 aromatic heterocycles. The molecule has 1 atom stereocenters. The third-order valence-electron chi connectivity index (χ3n) is 3.16. The molecule has 1 saturated heterocycles. The molecule has 80 valence electrons. The maximum absolute atomic E-state index is 11.7. The average Bonchev–Trinajstić information content (AvgIpc) is 2.28. The van der Waals surface area contributed by atoms with E-state index in [9.17, 15) is 14.7 Å². The molecular weight excluding hydrogens is 193 g/mol. The number of nitrogens with zero attached hydrogens (tertiary/aromatic N) is 1. The Morgan fingerprint density at radius 1 is 1.60 bits per heavy atom. The fourth-order valence-electron chi connectivity index (χ4n) is 2.10. The summed E-state index contributed by atoms with van der Waals surface area (Å²) in [6.45, 7) is 1.32. The maximum Gasteiger partial charge on any atom is 0.267 e. The van der Waals surface area contributed by atoms with Crippen molar-refractivity contribution < 1.29 is 14.7 Å². The SMILES string of the molecule is CC(O)C(=O)C1(C=O)CCB(C#N)CC1. The van der Waals surface area contributed by atoms with Crippen molar-refractivity contribution in [1.82, 2.24) is 0 Å². The zero-order valence-corrected chi connectivity index (χ0v) is 8.77. The van der Waals surface area contributed by atoms with Gasteiger partial charge in [0.2, 0.25) is 0 Å². The van der Waals surface area contributed by atoms with Gasteiger partial charge in [-0.3, -0.25) is 4.79 Å². The summed E-state index contributed by atoms with van der Waals surface area (Å²) in [4.78, 5) is 22.7. The van der Waals surface area contributed by atoms with Crippen molar-refractivity contribution in [2.45, 2.75) is 38.5 Å². The number of aliphatic hydroxyl groups excluding tert-OH is 1. The lowest BCUT2D eigenvalue weighted by molar-refractivity contribution is -0.141. The average molecular weight is 207 g/mol. The lowest BCUT2D eigenvalue weighted by Gasteiger charge is -2.32. The van der Waals surface area contributed by atoms with Gasteiger partial charge in [0.25, 0.3) is 6.71 Å². The van der Waals surface area contributed by atoms with Crippen LogP contribution in [0.4, 0.5) is 0 Å². The van der Waals surface area contributed by atoms with Gasteiger partial charge in [-0.25, -0.2) is 5.26 Å². The van der Waals surface area contributed by atoms with Gasteiger partial charge in [0.05, 0.1) is 5.41 Å². The van der Waals surface area contributed by atoms with Gasteiger partial charge in [-0.05, 0) is 19.8 Å². The van der Waals surface area contributed by atoms with E-state index < -0.39 is 17.3 Å². The zero-order chi connectivity index (χ0) is 11.5. The number of carbonyl (C=O) groups is 2. The molecule has 1 N–H and O–H groups in total. The molecule has 0 amide bonds. The minimum Gasteiger partial charge on any atom is -0.386 e. The molecule has 1 aliphatic rings. The van der Waals surface area contributed by atoms with Gasteiger partial charge < -0.3 is 9.90 Å². The summed E-state index contributed by atoms with van der Waals surface area (Å²) >= 11 is 0. The van der Waals surface area contributed by atoms with Crippen LogP contribution in [0.5, 0.6) is 0 Å². The first-order chi connectivity index (χ1) is 7.05. The third kappa shape index (κ3) is 2.27. The molecule has 1 rings (SSSR count). The van der Waals surface area contributed by atoms with E-state index in [1.807, 2.05) is 0 Å². The number of rotatable bonds is 3. The molecule has 1 unspecified atom stereocenters. The highest BCUT2D eigenvalue weighted by atomic mass is 16.3. The Morgan fingerprint density at radius 2 is 2.13 bits per heavy atom.